The monoisotopic (exact) mass is 229 g/mol. The van der Waals surface area contributed by atoms with E-state index in [1.807, 2.05) is 61.5 Å². The van der Waals surface area contributed by atoms with Crippen LogP contribution in [-0.2, 0) is 0 Å². The van der Waals surface area contributed by atoms with Crippen molar-refractivity contribution in [1.29, 1.82) is 0 Å². The van der Waals surface area contributed by atoms with E-state index in [1.54, 1.807) is 0 Å². The smallest absolute Gasteiger partial charge is 0.0819 e. The molecule has 0 radical (unpaired) electrons. The van der Waals surface area contributed by atoms with Crippen LogP contribution >= 0.6 is 11.6 Å². The van der Waals surface area contributed by atoms with E-state index in [4.69, 9.17) is 11.6 Å². The van der Waals surface area contributed by atoms with E-state index >= 15 is 0 Å². The van der Waals surface area contributed by atoms with E-state index in [2.05, 4.69) is 4.99 Å². The molecule has 0 heterocycles. The number of hydrogen-bond acceptors (Lipinski definition) is 1. The highest BCUT2D eigenvalue weighted by Gasteiger charge is 1.99. The minimum absolute atomic E-state index is 0.679. The quantitative estimate of drug-likeness (QED) is 0.674. The number of rotatable bonds is 2. The van der Waals surface area contributed by atoms with Crippen LogP contribution in [0.4, 0.5) is 5.69 Å². The van der Waals surface area contributed by atoms with Gasteiger partial charge in [0.1, 0.15) is 0 Å². The van der Waals surface area contributed by atoms with Gasteiger partial charge in [0.2, 0.25) is 0 Å². The first-order valence-electron chi connectivity index (χ1n) is 5.12. The highest BCUT2D eigenvalue weighted by molar-refractivity contribution is 6.33. The van der Waals surface area contributed by atoms with Gasteiger partial charge in [0.25, 0.3) is 0 Å². The fourth-order valence-corrected chi connectivity index (χ4v) is 1.64. The maximum atomic E-state index is 6.05. The van der Waals surface area contributed by atoms with E-state index in [-0.39, 0.29) is 0 Å². The number of aliphatic imine (C=N–C) groups is 1. The zero-order chi connectivity index (χ0) is 11.4. The molecule has 1 nitrogen and oxygen atoms in total. The van der Waals surface area contributed by atoms with Gasteiger partial charge in [-0.1, -0.05) is 54.1 Å². The summed E-state index contributed by atoms with van der Waals surface area (Å²) in [7, 11) is 0. The van der Waals surface area contributed by atoms with E-state index in [0.717, 1.165) is 17.0 Å². The molecule has 0 unspecified atom stereocenters. The highest BCUT2D eigenvalue weighted by atomic mass is 35.5. The minimum atomic E-state index is 0.679. The van der Waals surface area contributed by atoms with Gasteiger partial charge in [-0.2, -0.15) is 0 Å². The Kier molecular flexibility index (Phi) is 3.37. The topological polar surface area (TPSA) is 12.4 Å². The molecule has 0 saturated carbocycles. The molecule has 0 atom stereocenters. The van der Waals surface area contributed by atoms with Crippen molar-refractivity contribution >= 4 is 23.0 Å². The molecule has 2 rings (SSSR count). The van der Waals surface area contributed by atoms with Crippen LogP contribution in [0.1, 0.15) is 12.5 Å². The van der Waals surface area contributed by atoms with Crippen LogP contribution in [0, 0.1) is 0 Å². The lowest BCUT2D eigenvalue weighted by atomic mass is 10.1. The fraction of sp³-hybridized carbons (Fsp3) is 0.0714. The van der Waals surface area contributed by atoms with Gasteiger partial charge in [-0.05, 0) is 24.6 Å². The summed E-state index contributed by atoms with van der Waals surface area (Å²) in [5, 5.41) is 0.679. The number of benzene rings is 2. The lowest BCUT2D eigenvalue weighted by Gasteiger charge is -2.02. The van der Waals surface area contributed by atoms with Gasteiger partial charge < -0.3 is 0 Å². The zero-order valence-electron chi connectivity index (χ0n) is 9.02. The van der Waals surface area contributed by atoms with Gasteiger partial charge in [0.15, 0.2) is 0 Å². The van der Waals surface area contributed by atoms with Crippen molar-refractivity contribution in [2.24, 2.45) is 4.99 Å². The van der Waals surface area contributed by atoms with Crippen molar-refractivity contribution in [3.05, 3.63) is 65.2 Å². The Bertz CT molecular complexity index is 503. The molecule has 0 aliphatic rings. The molecule has 16 heavy (non-hydrogen) atoms. The van der Waals surface area contributed by atoms with Crippen LogP contribution < -0.4 is 0 Å². The summed E-state index contributed by atoms with van der Waals surface area (Å²) in [5.41, 5.74) is 2.89. The van der Waals surface area contributed by atoms with E-state index in [1.165, 1.54) is 0 Å². The van der Waals surface area contributed by atoms with Crippen molar-refractivity contribution < 1.29 is 0 Å². The van der Waals surface area contributed by atoms with Gasteiger partial charge in [0.05, 0.1) is 10.7 Å². The van der Waals surface area contributed by atoms with Crippen LogP contribution in [0.25, 0.3) is 0 Å². The van der Waals surface area contributed by atoms with Gasteiger partial charge in [-0.15, -0.1) is 0 Å². The molecule has 0 aromatic heterocycles. The van der Waals surface area contributed by atoms with Crippen molar-refractivity contribution in [3.63, 3.8) is 0 Å². The van der Waals surface area contributed by atoms with Crippen LogP contribution in [0.5, 0.6) is 0 Å². The highest BCUT2D eigenvalue weighted by Crippen LogP contribution is 2.24. The van der Waals surface area contributed by atoms with Crippen molar-refractivity contribution in [1.82, 2.24) is 0 Å². The third-order valence-corrected chi connectivity index (χ3v) is 2.65. The third kappa shape index (κ3) is 2.50. The van der Waals surface area contributed by atoms with Crippen LogP contribution in [0.3, 0.4) is 0 Å². The van der Waals surface area contributed by atoms with E-state index in [9.17, 15) is 0 Å². The Morgan fingerprint density at radius 3 is 2.25 bits per heavy atom. The molecular weight excluding hydrogens is 218 g/mol. The lowest BCUT2D eigenvalue weighted by molar-refractivity contribution is 1.47. The predicted octanol–water partition coefficient (Wildman–Crippen LogP) is 4.48. The van der Waals surface area contributed by atoms with Crippen LogP contribution in [0.2, 0.25) is 5.02 Å². The number of hydrogen-bond donors (Lipinski definition) is 0. The molecule has 0 bridgehead atoms. The normalized spacial score (nSPS) is 11.5. The Hall–Kier alpha value is -1.60. The first-order valence-corrected chi connectivity index (χ1v) is 5.50. The summed E-state index contributed by atoms with van der Waals surface area (Å²) in [4.78, 5) is 4.51. The molecule has 0 amide bonds. The zero-order valence-corrected chi connectivity index (χ0v) is 9.78. The first kappa shape index (κ1) is 10.9. The lowest BCUT2D eigenvalue weighted by Crippen LogP contribution is -1.92. The predicted molar refractivity (Wildman–Crippen MR) is 69.8 cm³/mol. The molecule has 0 aliphatic heterocycles. The average Bonchev–Trinajstić information content (AvgIpc) is 2.33. The number of halogens is 1. The Morgan fingerprint density at radius 2 is 1.56 bits per heavy atom. The van der Waals surface area contributed by atoms with Gasteiger partial charge in [-0.3, -0.25) is 4.99 Å². The van der Waals surface area contributed by atoms with E-state index in [0.29, 0.717) is 5.02 Å². The molecule has 0 aliphatic carbocycles. The standard InChI is InChI=1S/C14H12ClN/c1-11(12-7-3-2-4-8-12)16-14-10-6-5-9-13(14)15/h2-10H,1H3. The van der Waals surface area contributed by atoms with Gasteiger partial charge in [0, 0.05) is 5.71 Å². The summed E-state index contributed by atoms with van der Waals surface area (Å²) in [6.07, 6.45) is 0. The molecule has 2 heteroatoms. The molecule has 0 saturated heterocycles. The second-order valence-corrected chi connectivity index (χ2v) is 3.92. The van der Waals surface area contributed by atoms with Gasteiger partial charge >= 0.3 is 0 Å². The second-order valence-electron chi connectivity index (χ2n) is 3.51. The molecule has 0 N–H and O–H groups in total. The summed E-state index contributed by atoms with van der Waals surface area (Å²) >= 11 is 6.05. The Morgan fingerprint density at radius 1 is 0.938 bits per heavy atom. The summed E-state index contributed by atoms with van der Waals surface area (Å²) in [6, 6.07) is 17.7. The largest absolute Gasteiger partial charge is 0.252 e. The average molecular weight is 230 g/mol. The molecule has 2 aromatic rings. The minimum Gasteiger partial charge on any atom is -0.252 e. The maximum Gasteiger partial charge on any atom is 0.0819 e. The maximum absolute atomic E-state index is 6.05. The number of para-hydroxylation sites is 1. The summed E-state index contributed by atoms with van der Waals surface area (Å²) in [6.45, 7) is 1.98. The van der Waals surface area contributed by atoms with Crippen LogP contribution in [0.15, 0.2) is 59.6 Å². The second kappa shape index (κ2) is 4.95. The molecule has 80 valence electrons. The fourth-order valence-electron chi connectivity index (χ4n) is 1.47. The van der Waals surface area contributed by atoms with Crippen LogP contribution in [-0.4, -0.2) is 5.71 Å². The van der Waals surface area contributed by atoms with Crippen molar-refractivity contribution in [2.45, 2.75) is 6.92 Å². The van der Waals surface area contributed by atoms with Crippen molar-refractivity contribution in [2.75, 3.05) is 0 Å². The number of nitrogens with zero attached hydrogens (tertiary/aromatic N) is 1. The molecular formula is C14H12ClN. The van der Waals surface area contributed by atoms with Gasteiger partial charge in [-0.25, -0.2) is 0 Å². The first-order chi connectivity index (χ1) is 7.77. The Balaban J connectivity index is 2.36. The SMILES string of the molecule is CC(=Nc1ccccc1Cl)c1ccccc1. The Labute approximate surface area is 100 Å². The molecule has 2 aromatic carbocycles. The van der Waals surface area contributed by atoms with E-state index < -0.39 is 0 Å². The third-order valence-electron chi connectivity index (χ3n) is 2.33. The summed E-state index contributed by atoms with van der Waals surface area (Å²) < 4.78 is 0. The molecule has 0 spiro atoms. The molecule has 0 fully saturated rings. The summed E-state index contributed by atoms with van der Waals surface area (Å²) in [5.74, 6) is 0. The van der Waals surface area contributed by atoms with Crippen molar-refractivity contribution in [3.8, 4) is 0 Å².